The Kier molecular flexibility index (Phi) is 9.26. The van der Waals surface area contributed by atoms with Gasteiger partial charge < -0.3 is 37.2 Å². The van der Waals surface area contributed by atoms with Crippen molar-refractivity contribution in [1.29, 1.82) is 0 Å². The molecule has 1 aromatic rings. The Hall–Kier alpha value is 0.501. The molecule has 26 heavy (non-hydrogen) atoms. The van der Waals surface area contributed by atoms with E-state index in [1.165, 1.54) is 19.3 Å². The van der Waals surface area contributed by atoms with Gasteiger partial charge in [0, 0.05) is 0 Å². The third-order valence-corrected chi connectivity index (χ3v) is 12.2. The Balaban J connectivity index is 0.00000113. The molecule has 2 saturated carbocycles. The average Bonchev–Trinajstić information content (AvgIpc) is 2.92. The van der Waals surface area contributed by atoms with Crippen LogP contribution in [0.5, 0.6) is 0 Å². The second kappa shape index (κ2) is 9.81. The normalized spacial score (nSPS) is 34.6. The molecule has 0 radical (unpaired) electrons. The van der Waals surface area contributed by atoms with E-state index in [1.807, 2.05) is 0 Å². The second-order valence-corrected chi connectivity index (χ2v) is 14.2. The third kappa shape index (κ3) is 4.09. The molecule has 0 nitrogen and oxygen atoms in total. The molecule has 0 amide bonds. The molecular formula is C21H27Cl3SiTi. The Bertz CT molecular complexity index is 631. The van der Waals surface area contributed by atoms with Crippen LogP contribution in [0.15, 0.2) is 54.6 Å². The fraction of sp³-hybridized carbons (Fsp3) is 0.524. The quantitative estimate of drug-likeness (QED) is 0.395. The molecule has 2 fully saturated rings. The monoisotopic (exact) mass is 460 g/mol. The van der Waals surface area contributed by atoms with Crippen LogP contribution in [0.25, 0.3) is 0 Å². The zero-order valence-electron chi connectivity index (χ0n) is 15.4. The van der Waals surface area contributed by atoms with Crippen LogP contribution in [0.3, 0.4) is 0 Å². The average molecular weight is 462 g/mol. The Labute approximate surface area is 190 Å². The van der Waals surface area contributed by atoms with Crippen molar-refractivity contribution in [1.82, 2.24) is 0 Å². The van der Waals surface area contributed by atoms with Crippen molar-refractivity contribution in [3.63, 3.8) is 0 Å². The summed E-state index contributed by atoms with van der Waals surface area (Å²) in [6, 6.07) is 11.5. The fourth-order valence-electron chi connectivity index (χ4n) is 5.93. The molecule has 0 aromatic heterocycles. The summed E-state index contributed by atoms with van der Waals surface area (Å²) >= 11 is 2.55. The van der Waals surface area contributed by atoms with Gasteiger partial charge >= 0.3 is 154 Å². The molecular weight excluding hydrogens is 435 g/mol. The maximum absolute atomic E-state index is 2.64. The van der Waals surface area contributed by atoms with Crippen LogP contribution in [0.2, 0.25) is 22.9 Å². The molecule has 0 bridgehead atoms. The first-order chi connectivity index (χ1) is 11.1. The van der Waals surface area contributed by atoms with E-state index in [0.717, 1.165) is 33.4 Å². The number of hydrogen-bond acceptors (Lipinski definition) is 0. The van der Waals surface area contributed by atoms with E-state index in [2.05, 4.69) is 88.2 Å². The summed E-state index contributed by atoms with van der Waals surface area (Å²) in [5.41, 5.74) is 0.899. The molecule has 140 valence electrons. The van der Waals surface area contributed by atoms with E-state index in [4.69, 9.17) is 0 Å². The second-order valence-electron chi connectivity index (χ2n) is 8.32. The summed E-state index contributed by atoms with van der Waals surface area (Å²) in [5.74, 6) is 3.48. The Morgan fingerprint density at radius 1 is 0.885 bits per heavy atom. The van der Waals surface area contributed by atoms with Crippen molar-refractivity contribution >= 4 is 13.3 Å². The maximum Gasteiger partial charge on any atom is -1.00 e. The topological polar surface area (TPSA) is 0 Å². The van der Waals surface area contributed by atoms with Gasteiger partial charge in [0.15, 0.2) is 0 Å². The Morgan fingerprint density at radius 2 is 1.50 bits per heavy atom. The first-order valence-electron chi connectivity index (χ1n) is 9.22. The molecule has 3 aliphatic rings. The molecule has 6 unspecified atom stereocenters. The van der Waals surface area contributed by atoms with Gasteiger partial charge in [-0.3, -0.25) is 0 Å². The predicted octanol–water partition coefficient (Wildman–Crippen LogP) is -3.89. The van der Waals surface area contributed by atoms with Gasteiger partial charge in [0.2, 0.25) is 0 Å². The van der Waals surface area contributed by atoms with E-state index >= 15 is 0 Å². The fourth-order valence-corrected chi connectivity index (χ4v) is 11.4. The number of rotatable bonds is 2. The van der Waals surface area contributed by atoms with Crippen LogP contribution >= 0.6 is 0 Å². The SMILES string of the molecule is C[Si](C)(c1ccccc1)C1C2C=CC=CC2C2CCC[CH]([Ti+3])C21.[Cl-].[Cl-].[Cl-]. The smallest absolute Gasteiger partial charge is 1.00 e. The first kappa shape index (κ1) is 24.5. The zero-order valence-corrected chi connectivity index (χ0v) is 20.2. The Morgan fingerprint density at radius 3 is 2.15 bits per heavy atom. The van der Waals surface area contributed by atoms with E-state index in [1.54, 1.807) is 5.19 Å². The van der Waals surface area contributed by atoms with Crippen LogP contribution in [0.4, 0.5) is 0 Å². The number of hydrogen-bond donors (Lipinski definition) is 0. The van der Waals surface area contributed by atoms with E-state index in [0.29, 0.717) is 0 Å². The number of benzene rings is 1. The first-order valence-corrected chi connectivity index (χ1v) is 13.2. The van der Waals surface area contributed by atoms with Crippen LogP contribution in [0, 0.1) is 23.7 Å². The molecule has 5 heteroatoms. The molecule has 0 aliphatic heterocycles. The summed E-state index contributed by atoms with van der Waals surface area (Å²) in [6.45, 7) is 5.28. The zero-order chi connectivity index (χ0) is 16.0. The summed E-state index contributed by atoms with van der Waals surface area (Å²) < 4.78 is 0.904. The van der Waals surface area contributed by atoms with Crippen LogP contribution < -0.4 is 42.4 Å². The van der Waals surface area contributed by atoms with E-state index < -0.39 is 8.07 Å². The summed E-state index contributed by atoms with van der Waals surface area (Å²) in [4.78, 5) is 0. The van der Waals surface area contributed by atoms with Crippen molar-refractivity contribution in [3.8, 4) is 0 Å². The van der Waals surface area contributed by atoms with Gasteiger partial charge in [0.25, 0.3) is 0 Å². The molecule has 6 atom stereocenters. The molecule has 0 N–H and O–H groups in total. The van der Waals surface area contributed by atoms with Crippen molar-refractivity contribution in [2.75, 3.05) is 0 Å². The summed E-state index contributed by atoms with van der Waals surface area (Å²) in [6.07, 6.45) is 14.1. The van der Waals surface area contributed by atoms with Crippen molar-refractivity contribution in [3.05, 3.63) is 54.6 Å². The minimum absolute atomic E-state index is 0. The van der Waals surface area contributed by atoms with E-state index in [9.17, 15) is 0 Å². The molecule has 0 heterocycles. The van der Waals surface area contributed by atoms with Gasteiger partial charge in [0.1, 0.15) is 0 Å². The molecule has 0 saturated heterocycles. The predicted molar refractivity (Wildman–Crippen MR) is 97.1 cm³/mol. The van der Waals surface area contributed by atoms with Crippen LogP contribution in [0.1, 0.15) is 19.3 Å². The van der Waals surface area contributed by atoms with Gasteiger partial charge in [-0.1, -0.05) is 0 Å². The van der Waals surface area contributed by atoms with Gasteiger partial charge in [-0.15, -0.1) is 0 Å². The van der Waals surface area contributed by atoms with Gasteiger partial charge in [0.05, 0.1) is 0 Å². The van der Waals surface area contributed by atoms with Crippen molar-refractivity contribution in [2.24, 2.45) is 23.7 Å². The summed E-state index contributed by atoms with van der Waals surface area (Å²) in [7, 11) is -1.49. The van der Waals surface area contributed by atoms with Crippen molar-refractivity contribution in [2.45, 2.75) is 42.1 Å². The largest absolute Gasteiger partial charge is 1.00 e. The van der Waals surface area contributed by atoms with Crippen molar-refractivity contribution < 1.29 is 57.7 Å². The summed E-state index contributed by atoms with van der Waals surface area (Å²) in [5, 5.41) is 1.66. The number of fused-ring (bicyclic) bond motifs is 3. The van der Waals surface area contributed by atoms with Gasteiger partial charge in [-0.25, -0.2) is 0 Å². The molecule has 1 aromatic carbocycles. The maximum atomic E-state index is 2.64. The minimum atomic E-state index is -1.49. The van der Waals surface area contributed by atoms with Crippen LogP contribution in [-0.2, 0) is 20.4 Å². The third-order valence-electron chi connectivity index (χ3n) is 6.91. The molecule has 0 spiro atoms. The van der Waals surface area contributed by atoms with Gasteiger partial charge in [-0.2, -0.15) is 0 Å². The number of allylic oxidation sites excluding steroid dienone is 4. The molecule has 4 rings (SSSR count). The molecule has 3 aliphatic carbocycles. The van der Waals surface area contributed by atoms with Gasteiger partial charge in [-0.05, 0) is 0 Å². The number of halogens is 3. The standard InChI is InChI=1S/C21H27Si.3ClH.Ti/c1-22(2,16-10-4-3-5-11-16)21-19-14-8-6-12-17(19)18-13-7-9-15-20(18)21;;;;/h3-6,8,10-12,14-15,17-21H,7,9,13H2,1-2H3;3*1H;/q;;;;+3/p-3. The minimum Gasteiger partial charge on any atom is -1.00 e. The van der Waals surface area contributed by atoms with Crippen LogP contribution in [-0.4, -0.2) is 8.07 Å². The van der Waals surface area contributed by atoms with E-state index in [-0.39, 0.29) is 37.2 Å².